The molecule has 0 bridgehead atoms. The Hall–Kier alpha value is -1.66. The summed E-state index contributed by atoms with van der Waals surface area (Å²) in [4.78, 5) is 21.5. The molecule has 7 heteroatoms. The number of hydrogen-bond acceptors (Lipinski definition) is 4. The molecule has 1 amide bonds. The molecule has 0 heterocycles. The molecule has 0 saturated carbocycles. The van der Waals surface area contributed by atoms with Crippen molar-refractivity contribution in [2.45, 2.75) is 25.9 Å². The van der Waals surface area contributed by atoms with Crippen LogP contribution >= 0.6 is 11.6 Å². The van der Waals surface area contributed by atoms with Crippen molar-refractivity contribution in [3.8, 4) is 0 Å². The molecule has 0 fully saturated rings. The Kier molecular flexibility index (Phi) is 5.06. The lowest BCUT2D eigenvalue weighted by Gasteiger charge is -2.06. The molecule has 1 atom stereocenters. The van der Waals surface area contributed by atoms with Gasteiger partial charge in [-0.2, -0.15) is 0 Å². The van der Waals surface area contributed by atoms with Gasteiger partial charge in [0.05, 0.1) is 11.0 Å². The van der Waals surface area contributed by atoms with E-state index in [0.717, 1.165) is 0 Å². The summed E-state index contributed by atoms with van der Waals surface area (Å²) >= 11 is 5.64. The minimum absolute atomic E-state index is 0.0157. The van der Waals surface area contributed by atoms with Crippen LogP contribution in [-0.2, 0) is 4.79 Å². The molecule has 0 saturated heterocycles. The molecule has 2 N–H and O–H groups in total. The van der Waals surface area contributed by atoms with Crippen LogP contribution < -0.4 is 5.32 Å². The molecule has 18 heavy (non-hydrogen) atoms. The monoisotopic (exact) mass is 272 g/mol. The van der Waals surface area contributed by atoms with Crippen molar-refractivity contribution in [1.29, 1.82) is 0 Å². The molecule has 0 aromatic heterocycles. The van der Waals surface area contributed by atoms with Gasteiger partial charge in [0.2, 0.25) is 5.91 Å². The first-order valence-electron chi connectivity index (χ1n) is 5.32. The number of hydrogen-bond donors (Lipinski definition) is 2. The molecule has 98 valence electrons. The van der Waals surface area contributed by atoms with Crippen LogP contribution in [-0.4, -0.2) is 22.0 Å². The third-order valence-corrected chi connectivity index (χ3v) is 2.54. The fourth-order valence-corrected chi connectivity index (χ4v) is 1.48. The van der Waals surface area contributed by atoms with Gasteiger partial charge in [0.1, 0.15) is 5.02 Å². The van der Waals surface area contributed by atoms with E-state index in [9.17, 15) is 14.9 Å². The number of carbonyl (C=O) groups excluding carboxylic acids is 1. The second kappa shape index (κ2) is 6.32. The van der Waals surface area contributed by atoms with E-state index >= 15 is 0 Å². The van der Waals surface area contributed by atoms with Crippen molar-refractivity contribution in [3.05, 3.63) is 33.3 Å². The highest BCUT2D eigenvalue weighted by atomic mass is 35.5. The summed E-state index contributed by atoms with van der Waals surface area (Å²) in [5.74, 6) is -0.312. The predicted molar refractivity (Wildman–Crippen MR) is 67.7 cm³/mol. The lowest BCUT2D eigenvalue weighted by Crippen LogP contribution is -2.14. The first kappa shape index (κ1) is 14.4. The Morgan fingerprint density at radius 3 is 2.83 bits per heavy atom. The van der Waals surface area contributed by atoms with E-state index in [1.807, 2.05) is 0 Å². The fourth-order valence-electron chi connectivity index (χ4n) is 1.29. The summed E-state index contributed by atoms with van der Waals surface area (Å²) < 4.78 is 0. The third kappa shape index (κ3) is 4.31. The number of anilines is 1. The maximum absolute atomic E-state index is 11.5. The molecule has 1 rings (SSSR count). The third-order valence-electron chi connectivity index (χ3n) is 2.22. The zero-order valence-electron chi connectivity index (χ0n) is 9.72. The summed E-state index contributed by atoms with van der Waals surface area (Å²) in [6.45, 7) is 1.58. The zero-order chi connectivity index (χ0) is 13.7. The number of nitro benzene ring substituents is 1. The van der Waals surface area contributed by atoms with Gasteiger partial charge in [0.15, 0.2) is 0 Å². The summed E-state index contributed by atoms with van der Waals surface area (Å²) in [7, 11) is 0. The topological polar surface area (TPSA) is 92.5 Å². The Bertz CT molecular complexity index is 462. The van der Waals surface area contributed by atoms with Crippen LogP contribution in [0.3, 0.4) is 0 Å². The summed E-state index contributed by atoms with van der Waals surface area (Å²) in [5.41, 5.74) is 0.0479. The number of carbonyl (C=O) groups is 1. The first-order chi connectivity index (χ1) is 8.40. The van der Waals surface area contributed by atoms with Crippen LogP contribution in [0.15, 0.2) is 18.2 Å². The molecular weight excluding hydrogens is 260 g/mol. The number of nitrogens with one attached hydrogen (secondary N) is 1. The highest BCUT2D eigenvalue weighted by Gasteiger charge is 2.14. The van der Waals surface area contributed by atoms with Gasteiger partial charge in [0.25, 0.3) is 5.69 Å². The van der Waals surface area contributed by atoms with Gasteiger partial charge >= 0.3 is 0 Å². The van der Waals surface area contributed by atoms with Crippen molar-refractivity contribution in [2.24, 2.45) is 0 Å². The van der Waals surface area contributed by atoms with Crippen LogP contribution in [0.1, 0.15) is 19.8 Å². The molecule has 0 aliphatic carbocycles. The SMILES string of the molecule is CC(O)CCC(=O)Nc1ccc(Cl)c([N+](=O)[O-])c1. The van der Waals surface area contributed by atoms with Crippen LogP contribution in [0.5, 0.6) is 0 Å². The molecule has 0 aliphatic rings. The number of aliphatic hydroxyl groups is 1. The maximum atomic E-state index is 11.5. The normalized spacial score (nSPS) is 11.9. The van der Waals surface area contributed by atoms with E-state index < -0.39 is 11.0 Å². The number of rotatable bonds is 5. The molecular formula is C11H13ClN2O4. The van der Waals surface area contributed by atoms with E-state index in [0.29, 0.717) is 12.1 Å². The van der Waals surface area contributed by atoms with Crippen molar-refractivity contribution < 1.29 is 14.8 Å². The fraction of sp³-hybridized carbons (Fsp3) is 0.364. The first-order valence-corrected chi connectivity index (χ1v) is 5.70. The minimum atomic E-state index is -0.617. The number of halogens is 1. The highest BCUT2D eigenvalue weighted by molar-refractivity contribution is 6.32. The van der Waals surface area contributed by atoms with Gasteiger partial charge in [-0.05, 0) is 25.5 Å². The minimum Gasteiger partial charge on any atom is -0.393 e. The van der Waals surface area contributed by atoms with E-state index in [2.05, 4.69) is 5.32 Å². The van der Waals surface area contributed by atoms with E-state index in [1.165, 1.54) is 18.2 Å². The summed E-state index contributed by atoms with van der Waals surface area (Å²) in [6, 6.07) is 4.03. The van der Waals surface area contributed by atoms with Gasteiger partial charge < -0.3 is 10.4 Å². The second-order valence-electron chi connectivity index (χ2n) is 3.86. The van der Waals surface area contributed by atoms with Crippen LogP contribution in [0.2, 0.25) is 5.02 Å². The van der Waals surface area contributed by atoms with Crippen LogP contribution in [0, 0.1) is 10.1 Å². The second-order valence-corrected chi connectivity index (χ2v) is 4.27. The van der Waals surface area contributed by atoms with Crippen LogP contribution in [0.25, 0.3) is 0 Å². The Balaban J connectivity index is 2.70. The zero-order valence-corrected chi connectivity index (χ0v) is 10.5. The average Bonchev–Trinajstić information content (AvgIpc) is 2.28. The summed E-state index contributed by atoms with van der Waals surface area (Å²) in [6.07, 6.45) is -0.0782. The van der Waals surface area contributed by atoms with Crippen molar-refractivity contribution >= 4 is 28.9 Å². The van der Waals surface area contributed by atoms with Crippen molar-refractivity contribution in [2.75, 3.05) is 5.32 Å². The molecule has 0 aliphatic heterocycles. The lowest BCUT2D eigenvalue weighted by atomic mass is 10.2. The highest BCUT2D eigenvalue weighted by Crippen LogP contribution is 2.27. The molecule has 0 spiro atoms. The Morgan fingerprint density at radius 1 is 1.61 bits per heavy atom. The van der Waals surface area contributed by atoms with Gasteiger partial charge in [-0.3, -0.25) is 14.9 Å². The van der Waals surface area contributed by atoms with E-state index in [4.69, 9.17) is 16.7 Å². The van der Waals surface area contributed by atoms with Gasteiger partial charge in [0, 0.05) is 18.2 Å². The number of amides is 1. The quantitative estimate of drug-likeness (QED) is 0.635. The van der Waals surface area contributed by atoms with E-state index in [-0.39, 0.29) is 23.0 Å². The van der Waals surface area contributed by atoms with Gasteiger partial charge in [-0.1, -0.05) is 11.6 Å². The molecule has 1 unspecified atom stereocenters. The molecule has 1 aromatic carbocycles. The Labute approximate surface area is 109 Å². The average molecular weight is 273 g/mol. The number of aliphatic hydroxyl groups excluding tert-OH is 1. The maximum Gasteiger partial charge on any atom is 0.289 e. The number of benzene rings is 1. The lowest BCUT2D eigenvalue weighted by molar-refractivity contribution is -0.384. The molecule has 1 aromatic rings. The van der Waals surface area contributed by atoms with Crippen molar-refractivity contribution in [3.63, 3.8) is 0 Å². The van der Waals surface area contributed by atoms with E-state index in [1.54, 1.807) is 6.92 Å². The van der Waals surface area contributed by atoms with Crippen LogP contribution in [0.4, 0.5) is 11.4 Å². The van der Waals surface area contributed by atoms with Crippen molar-refractivity contribution in [1.82, 2.24) is 0 Å². The standard InChI is InChI=1S/C11H13ClN2O4/c1-7(15)2-5-11(16)13-8-3-4-9(12)10(6-8)14(17)18/h3-4,6-7,15H,2,5H2,1H3,(H,13,16). The smallest absolute Gasteiger partial charge is 0.289 e. The largest absolute Gasteiger partial charge is 0.393 e. The molecule has 0 radical (unpaired) electrons. The van der Waals surface area contributed by atoms with Gasteiger partial charge in [-0.15, -0.1) is 0 Å². The predicted octanol–water partition coefficient (Wildman–Crippen LogP) is 2.35. The summed E-state index contributed by atoms with van der Waals surface area (Å²) in [5, 5.41) is 22.2. The Morgan fingerprint density at radius 2 is 2.28 bits per heavy atom. The van der Waals surface area contributed by atoms with Gasteiger partial charge in [-0.25, -0.2) is 0 Å². The number of nitrogens with zero attached hydrogens (tertiary/aromatic N) is 1. The number of nitro groups is 1. The molecule has 6 nitrogen and oxygen atoms in total.